The van der Waals surface area contributed by atoms with Gasteiger partial charge in [-0.3, -0.25) is 19.4 Å². The number of nitrogens with zero attached hydrogens (tertiary/aromatic N) is 2. The van der Waals surface area contributed by atoms with Crippen molar-refractivity contribution in [2.75, 3.05) is 19.6 Å². The van der Waals surface area contributed by atoms with E-state index in [1.807, 2.05) is 103 Å². The number of hydrogen-bond acceptors (Lipinski definition) is 9. The molecule has 352 valence electrons. The Morgan fingerprint density at radius 3 is 2.17 bits per heavy atom. The first-order valence-corrected chi connectivity index (χ1v) is 23.5. The molecule has 2 atom stereocenters. The van der Waals surface area contributed by atoms with Gasteiger partial charge in [-0.15, -0.1) is 0 Å². The molecule has 0 radical (unpaired) electrons. The SMILES string of the molecule is Cc1cc(C(=O)NC2CCN(C(=O)OC(C)(C)C)CC2)ccc1-c1ccc(C[C@H](NC(=O)C2CCC(CNC(=O)OC(C)(C)C)CC2)C(=O)NC2=CCC3N=C(CC(C)C)NC3=C2)cc1. The normalized spacial score (nSPS) is 20.6. The van der Waals surface area contributed by atoms with Crippen LogP contribution in [-0.2, 0) is 25.5 Å². The zero-order valence-corrected chi connectivity index (χ0v) is 39.9. The lowest BCUT2D eigenvalue weighted by Crippen LogP contribution is -2.50. The van der Waals surface area contributed by atoms with Gasteiger partial charge in [0.15, 0.2) is 0 Å². The van der Waals surface area contributed by atoms with Crippen LogP contribution in [0.3, 0.4) is 0 Å². The van der Waals surface area contributed by atoms with Crippen molar-refractivity contribution >= 4 is 35.7 Å². The van der Waals surface area contributed by atoms with Gasteiger partial charge < -0.3 is 41.0 Å². The second-order valence-corrected chi connectivity index (χ2v) is 20.6. The lowest BCUT2D eigenvalue weighted by Gasteiger charge is -2.33. The molecule has 2 aromatic carbocycles. The van der Waals surface area contributed by atoms with Gasteiger partial charge in [0, 0.05) is 61.4 Å². The highest BCUT2D eigenvalue weighted by Crippen LogP contribution is 2.30. The molecule has 2 fully saturated rings. The molecule has 5 amide bonds. The summed E-state index contributed by atoms with van der Waals surface area (Å²) in [6.45, 7) is 18.9. The Hall–Kier alpha value is -5.66. The number of rotatable bonds is 13. The van der Waals surface area contributed by atoms with Crippen molar-refractivity contribution in [3.8, 4) is 11.1 Å². The lowest BCUT2D eigenvalue weighted by molar-refractivity contribution is -0.131. The van der Waals surface area contributed by atoms with Crippen LogP contribution in [-0.4, -0.2) is 89.6 Å². The Morgan fingerprint density at radius 2 is 1.54 bits per heavy atom. The third-order valence-electron chi connectivity index (χ3n) is 12.2. The summed E-state index contributed by atoms with van der Waals surface area (Å²) in [7, 11) is 0. The van der Waals surface area contributed by atoms with Crippen LogP contribution < -0.4 is 26.6 Å². The van der Waals surface area contributed by atoms with Gasteiger partial charge in [-0.25, -0.2) is 9.59 Å². The number of amidine groups is 1. The number of aliphatic imine (C=N–C) groups is 1. The molecule has 14 heteroatoms. The molecule has 2 aliphatic carbocycles. The quantitative estimate of drug-likeness (QED) is 0.135. The van der Waals surface area contributed by atoms with Gasteiger partial charge in [0.05, 0.1) is 6.04 Å². The molecule has 2 heterocycles. The topological polar surface area (TPSA) is 180 Å². The number of allylic oxidation sites excluding steroid dienone is 1. The average molecular weight is 894 g/mol. The summed E-state index contributed by atoms with van der Waals surface area (Å²) in [6, 6.07) is 12.8. The Labute approximate surface area is 385 Å². The van der Waals surface area contributed by atoms with E-state index in [2.05, 4.69) is 40.4 Å². The zero-order valence-electron chi connectivity index (χ0n) is 39.9. The monoisotopic (exact) mass is 894 g/mol. The molecule has 5 N–H and O–H groups in total. The van der Waals surface area contributed by atoms with E-state index in [4.69, 9.17) is 14.5 Å². The summed E-state index contributed by atoms with van der Waals surface area (Å²) >= 11 is 0. The molecular formula is C51H71N7O7. The van der Waals surface area contributed by atoms with E-state index in [0.29, 0.717) is 68.9 Å². The maximum atomic E-state index is 14.1. The molecule has 4 aliphatic rings. The van der Waals surface area contributed by atoms with Gasteiger partial charge in [-0.1, -0.05) is 50.3 Å². The maximum absolute atomic E-state index is 14.1. The molecule has 1 saturated carbocycles. The summed E-state index contributed by atoms with van der Waals surface area (Å²) in [6.07, 6.45) is 9.17. The van der Waals surface area contributed by atoms with E-state index in [9.17, 15) is 24.0 Å². The van der Waals surface area contributed by atoms with Gasteiger partial charge >= 0.3 is 12.2 Å². The largest absolute Gasteiger partial charge is 0.444 e. The number of nitrogens with one attached hydrogen (secondary N) is 5. The Morgan fingerprint density at radius 1 is 0.862 bits per heavy atom. The number of piperidine rings is 1. The van der Waals surface area contributed by atoms with Crippen LogP contribution in [0, 0.1) is 24.7 Å². The van der Waals surface area contributed by atoms with Gasteiger partial charge in [0.1, 0.15) is 23.1 Å². The number of alkyl carbamates (subject to hydrolysis) is 1. The van der Waals surface area contributed by atoms with Gasteiger partial charge in [-0.05, 0) is 146 Å². The van der Waals surface area contributed by atoms with E-state index >= 15 is 0 Å². The molecule has 6 rings (SSSR count). The number of ether oxygens (including phenoxy) is 2. The van der Waals surface area contributed by atoms with E-state index in [0.717, 1.165) is 53.0 Å². The summed E-state index contributed by atoms with van der Waals surface area (Å²) in [4.78, 5) is 72.5. The van der Waals surface area contributed by atoms with Crippen LogP contribution in [0.2, 0.25) is 0 Å². The highest BCUT2D eigenvalue weighted by molar-refractivity contribution is 5.95. The van der Waals surface area contributed by atoms with Crippen molar-refractivity contribution in [3.05, 3.63) is 82.7 Å². The first-order valence-electron chi connectivity index (χ1n) is 23.5. The lowest BCUT2D eigenvalue weighted by atomic mass is 9.81. The second kappa shape index (κ2) is 21.1. The molecule has 1 unspecified atom stereocenters. The highest BCUT2D eigenvalue weighted by Gasteiger charge is 2.32. The fraction of sp³-hybridized carbons (Fsp3) is 0.569. The van der Waals surface area contributed by atoms with Crippen molar-refractivity contribution in [1.82, 2.24) is 31.5 Å². The van der Waals surface area contributed by atoms with Crippen molar-refractivity contribution in [1.29, 1.82) is 0 Å². The number of benzene rings is 2. The first-order chi connectivity index (χ1) is 30.7. The summed E-state index contributed by atoms with van der Waals surface area (Å²) < 4.78 is 10.9. The standard InChI is InChI=1S/C51H71N7O7/c1-31(2)26-44-55-41-21-19-39(29-42(41)56-44)54-47(61)43(57-45(59)36-16-12-34(13-17-36)30-52-48(62)64-50(4,5)6)28-33-10-14-35(15-11-33)40-20-18-37(27-32(40)3)46(60)53-38-22-24-58(25-23-38)49(63)65-51(7,8)9/h10-11,14-15,18-20,27,29,31,34,36,38,41,43H,12-13,16-17,21-26,28,30H2,1-9H3,(H,52,62)(H,53,60)(H,54,61)(H,55,56)(H,57,59)/t34?,36?,41?,43-/m0/s1. The number of likely N-dealkylation sites (tertiary alicyclic amines) is 1. The van der Waals surface area contributed by atoms with Gasteiger partial charge in [0.25, 0.3) is 5.91 Å². The third-order valence-corrected chi connectivity index (χ3v) is 12.2. The van der Waals surface area contributed by atoms with E-state index in [-0.39, 0.29) is 54.2 Å². The van der Waals surface area contributed by atoms with Gasteiger partial charge in [0.2, 0.25) is 11.8 Å². The first kappa shape index (κ1) is 48.8. The van der Waals surface area contributed by atoms with Crippen molar-refractivity contribution < 1.29 is 33.4 Å². The van der Waals surface area contributed by atoms with Crippen LogP contribution in [0.5, 0.6) is 0 Å². The fourth-order valence-corrected chi connectivity index (χ4v) is 8.78. The summed E-state index contributed by atoms with van der Waals surface area (Å²) in [5, 5.41) is 15.7. The fourth-order valence-electron chi connectivity index (χ4n) is 8.78. The van der Waals surface area contributed by atoms with E-state index in [1.165, 1.54) is 0 Å². The summed E-state index contributed by atoms with van der Waals surface area (Å²) in [5.74, 6) is 0.839. The van der Waals surface area contributed by atoms with Crippen molar-refractivity contribution in [2.24, 2.45) is 22.7 Å². The van der Waals surface area contributed by atoms with Crippen LogP contribution in [0.25, 0.3) is 11.1 Å². The average Bonchev–Trinajstić information content (AvgIpc) is 3.63. The third kappa shape index (κ3) is 14.4. The Bertz CT molecular complexity index is 2150. The Kier molecular flexibility index (Phi) is 15.8. The smallest absolute Gasteiger partial charge is 0.410 e. The number of aryl methyl sites for hydroxylation is 1. The highest BCUT2D eigenvalue weighted by atomic mass is 16.6. The van der Waals surface area contributed by atoms with Crippen molar-refractivity contribution in [3.63, 3.8) is 0 Å². The number of carbonyl (C=O) groups is 5. The number of carbonyl (C=O) groups excluding carboxylic acids is 5. The Balaban J connectivity index is 1.07. The minimum Gasteiger partial charge on any atom is -0.444 e. The van der Waals surface area contributed by atoms with Crippen LogP contribution in [0.4, 0.5) is 9.59 Å². The van der Waals surface area contributed by atoms with Gasteiger partial charge in [-0.2, -0.15) is 0 Å². The molecule has 0 aromatic heterocycles. The number of hydrogen-bond donors (Lipinski definition) is 5. The molecular weight excluding hydrogens is 823 g/mol. The van der Waals surface area contributed by atoms with E-state index in [1.54, 1.807) is 4.90 Å². The molecule has 0 bridgehead atoms. The van der Waals surface area contributed by atoms with Crippen molar-refractivity contribution in [2.45, 2.75) is 149 Å². The van der Waals surface area contributed by atoms with Crippen LogP contribution in [0.15, 0.2) is 71.0 Å². The van der Waals surface area contributed by atoms with E-state index < -0.39 is 23.3 Å². The minimum absolute atomic E-state index is 0.0203. The summed E-state index contributed by atoms with van der Waals surface area (Å²) in [5.41, 5.74) is 4.86. The predicted molar refractivity (Wildman–Crippen MR) is 253 cm³/mol. The van der Waals surface area contributed by atoms with Crippen LogP contribution in [0.1, 0.15) is 128 Å². The molecule has 1 saturated heterocycles. The van der Waals surface area contributed by atoms with Crippen LogP contribution >= 0.6 is 0 Å². The zero-order chi connectivity index (χ0) is 47.1. The molecule has 2 aliphatic heterocycles. The number of amides is 5. The molecule has 65 heavy (non-hydrogen) atoms. The predicted octanol–water partition coefficient (Wildman–Crippen LogP) is 7.85. The minimum atomic E-state index is -0.828. The number of fused-ring (bicyclic) bond motifs is 1. The molecule has 2 aromatic rings. The molecule has 14 nitrogen and oxygen atoms in total. The second-order valence-electron chi connectivity index (χ2n) is 20.6. The molecule has 0 spiro atoms. The maximum Gasteiger partial charge on any atom is 0.410 e.